The number of amides is 4. The van der Waals surface area contributed by atoms with Gasteiger partial charge >= 0.3 is 6.03 Å². The van der Waals surface area contributed by atoms with Gasteiger partial charge in [0.25, 0.3) is 5.91 Å². The molecule has 0 unspecified atom stereocenters. The highest BCUT2D eigenvalue weighted by Crippen LogP contribution is 2.24. The number of imide groups is 1. The van der Waals surface area contributed by atoms with Gasteiger partial charge in [-0.05, 0) is 43.7 Å². The molecule has 1 aromatic rings. The van der Waals surface area contributed by atoms with Gasteiger partial charge in [-0.2, -0.15) is 0 Å². The van der Waals surface area contributed by atoms with Crippen LogP contribution in [0.2, 0.25) is 0 Å². The minimum absolute atomic E-state index is 0.00414. The lowest BCUT2D eigenvalue weighted by molar-refractivity contribution is -0.125. The molecule has 1 fully saturated rings. The number of carbonyl (C=O) groups excluding carboxylic acids is 3. The molecule has 1 aliphatic rings. The summed E-state index contributed by atoms with van der Waals surface area (Å²) in [7, 11) is 0. The zero-order valence-corrected chi connectivity index (χ0v) is 16.2. The number of benzene rings is 1. The Kier molecular flexibility index (Phi) is 7.50. The van der Waals surface area contributed by atoms with Crippen LogP contribution < -0.4 is 10.6 Å². The van der Waals surface area contributed by atoms with Crippen molar-refractivity contribution in [1.29, 1.82) is 0 Å². The molecule has 2 rings (SSSR count). The van der Waals surface area contributed by atoms with Gasteiger partial charge in [-0.1, -0.05) is 44.9 Å². The second-order valence-corrected chi connectivity index (χ2v) is 7.45. The van der Waals surface area contributed by atoms with Crippen LogP contribution in [0.5, 0.6) is 0 Å². The Hall–Kier alpha value is -2.02. The molecule has 1 aliphatic carbocycles. The van der Waals surface area contributed by atoms with Crippen molar-refractivity contribution in [3.63, 3.8) is 0 Å². The molecule has 0 spiro atoms. The van der Waals surface area contributed by atoms with Gasteiger partial charge in [-0.25, -0.2) is 9.10 Å². The molecule has 0 atom stereocenters. The predicted octanol–water partition coefficient (Wildman–Crippen LogP) is 3.01. The Morgan fingerprint density at radius 3 is 2.31 bits per heavy atom. The number of thiol groups is 1. The summed E-state index contributed by atoms with van der Waals surface area (Å²) >= 11 is 4.02. The van der Waals surface area contributed by atoms with Crippen LogP contribution in [0.1, 0.15) is 49.9 Å². The smallest absolute Gasteiger partial charge is 0.334 e. The number of hydrogen-bond acceptors (Lipinski definition) is 4. The predicted molar refractivity (Wildman–Crippen MR) is 104 cm³/mol. The van der Waals surface area contributed by atoms with E-state index in [1.165, 1.54) is 0 Å². The molecule has 4 amide bonds. The lowest BCUT2D eigenvalue weighted by atomic mass is 9.86. The van der Waals surface area contributed by atoms with Crippen LogP contribution in [0.3, 0.4) is 0 Å². The van der Waals surface area contributed by atoms with Crippen LogP contribution in [0.25, 0.3) is 0 Å². The summed E-state index contributed by atoms with van der Waals surface area (Å²) in [5, 5.41) is 5.84. The number of rotatable bonds is 5. The fourth-order valence-corrected chi connectivity index (χ4v) is 3.17. The summed E-state index contributed by atoms with van der Waals surface area (Å²) in [5.74, 6) is -0.0197. The Morgan fingerprint density at radius 1 is 1.12 bits per heavy atom. The first-order valence-electron chi connectivity index (χ1n) is 9.05. The molecule has 0 radical (unpaired) electrons. The molecule has 142 valence electrons. The maximum atomic E-state index is 12.2. The maximum Gasteiger partial charge on any atom is 0.334 e. The van der Waals surface area contributed by atoms with Crippen LogP contribution in [0, 0.1) is 11.8 Å². The second-order valence-electron chi connectivity index (χ2n) is 7.05. The molecule has 6 nitrogen and oxygen atoms in total. The highest BCUT2D eigenvalue weighted by atomic mass is 32.1. The molecule has 0 bridgehead atoms. The summed E-state index contributed by atoms with van der Waals surface area (Å²) < 4.78 is 0.809. The molecule has 0 aromatic heterocycles. The van der Waals surface area contributed by atoms with Crippen molar-refractivity contribution in [1.82, 2.24) is 14.9 Å². The van der Waals surface area contributed by atoms with Crippen molar-refractivity contribution in [2.24, 2.45) is 11.8 Å². The van der Waals surface area contributed by atoms with Gasteiger partial charge in [0.05, 0.1) is 0 Å². The van der Waals surface area contributed by atoms with E-state index in [-0.39, 0.29) is 17.9 Å². The van der Waals surface area contributed by atoms with E-state index in [1.54, 1.807) is 30.3 Å². The van der Waals surface area contributed by atoms with Gasteiger partial charge in [0.2, 0.25) is 5.91 Å². The molecule has 0 aliphatic heterocycles. The van der Waals surface area contributed by atoms with E-state index in [1.807, 2.05) is 13.8 Å². The molecular weight excluding hydrogens is 350 g/mol. The standard InChI is InChI=1S/C19H27N3O3S/c1-13(2)17(23)21-16-10-8-14(9-11-16)12-20-19(25)22(26)18(24)15-6-4-3-5-7-15/h3-7,13-14,16,26H,8-12H2,1-2H3,(H,20,25)(H,21,23). The average molecular weight is 378 g/mol. The van der Waals surface area contributed by atoms with E-state index in [4.69, 9.17) is 0 Å². The third kappa shape index (κ3) is 5.76. The normalized spacial score (nSPS) is 19.7. The maximum absolute atomic E-state index is 12.2. The van der Waals surface area contributed by atoms with E-state index >= 15 is 0 Å². The van der Waals surface area contributed by atoms with Gasteiger partial charge in [0.1, 0.15) is 0 Å². The molecule has 0 heterocycles. The van der Waals surface area contributed by atoms with E-state index in [2.05, 4.69) is 23.4 Å². The largest absolute Gasteiger partial charge is 0.353 e. The van der Waals surface area contributed by atoms with E-state index in [9.17, 15) is 14.4 Å². The van der Waals surface area contributed by atoms with Crippen molar-refractivity contribution < 1.29 is 14.4 Å². The van der Waals surface area contributed by atoms with E-state index in [0.29, 0.717) is 18.0 Å². The van der Waals surface area contributed by atoms with Crippen LogP contribution in [-0.4, -0.2) is 34.7 Å². The first-order chi connectivity index (χ1) is 12.4. The third-order valence-electron chi connectivity index (χ3n) is 4.66. The van der Waals surface area contributed by atoms with Crippen molar-refractivity contribution >= 4 is 30.7 Å². The number of urea groups is 1. The Morgan fingerprint density at radius 2 is 1.73 bits per heavy atom. The summed E-state index contributed by atoms with van der Waals surface area (Å²) in [6.45, 7) is 4.27. The lowest BCUT2D eigenvalue weighted by Gasteiger charge is -2.30. The van der Waals surface area contributed by atoms with Crippen molar-refractivity contribution in [2.45, 2.75) is 45.6 Å². The summed E-state index contributed by atoms with van der Waals surface area (Å²) in [6, 6.07) is 8.28. The van der Waals surface area contributed by atoms with Crippen LogP contribution in [-0.2, 0) is 4.79 Å². The minimum atomic E-state index is -0.516. The number of carbonyl (C=O) groups is 3. The Labute approximate surface area is 160 Å². The molecule has 1 saturated carbocycles. The monoisotopic (exact) mass is 377 g/mol. The van der Waals surface area contributed by atoms with Gasteiger partial charge in [-0.3, -0.25) is 9.59 Å². The van der Waals surface area contributed by atoms with Crippen molar-refractivity contribution in [2.75, 3.05) is 6.54 Å². The topological polar surface area (TPSA) is 78.5 Å². The zero-order chi connectivity index (χ0) is 19.1. The van der Waals surface area contributed by atoms with Gasteiger partial charge in [0, 0.05) is 24.1 Å². The Bertz CT molecular complexity index is 628. The van der Waals surface area contributed by atoms with Crippen molar-refractivity contribution in [3.05, 3.63) is 35.9 Å². The SMILES string of the molecule is CC(C)C(=O)NC1CCC(CNC(=O)N(S)C(=O)c2ccccc2)CC1. The zero-order valence-electron chi connectivity index (χ0n) is 15.3. The summed E-state index contributed by atoms with van der Waals surface area (Å²) in [4.78, 5) is 36.1. The van der Waals surface area contributed by atoms with Crippen molar-refractivity contribution in [3.8, 4) is 0 Å². The van der Waals surface area contributed by atoms with Gasteiger partial charge < -0.3 is 10.6 Å². The third-order valence-corrected chi connectivity index (χ3v) is 5.03. The van der Waals surface area contributed by atoms with Crippen LogP contribution in [0.15, 0.2) is 30.3 Å². The Balaban J connectivity index is 1.73. The number of nitrogens with zero attached hydrogens (tertiary/aromatic N) is 1. The molecule has 1 aromatic carbocycles. The highest BCUT2D eigenvalue weighted by molar-refractivity contribution is 7.79. The second kappa shape index (κ2) is 9.62. The first-order valence-corrected chi connectivity index (χ1v) is 9.45. The number of hydrogen-bond donors (Lipinski definition) is 3. The lowest BCUT2D eigenvalue weighted by Crippen LogP contribution is -2.43. The van der Waals surface area contributed by atoms with Gasteiger partial charge in [0.15, 0.2) is 0 Å². The van der Waals surface area contributed by atoms with Crippen LogP contribution >= 0.6 is 12.8 Å². The minimum Gasteiger partial charge on any atom is -0.353 e. The highest BCUT2D eigenvalue weighted by Gasteiger charge is 2.25. The summed E-state index contributed by atoms with van der Waals surface area (Å²) in [6.07, 6.45) is 3.68. The summed E-state index contributed by atoms with van der Waals surface area (Å²) in [5.41, 5.74) is 0.416. The number of nitrogens with one attached hydrogen (secondary N) is 2. The fourth-order valence-electron chi connectivity index (χ4n) is 2.98. The fraction of sp³-hybridized carbons (Fsp3) is 0.526. The van der Waals surface area contributed by atoms with E-state index < -0.39 is 11.9 Å². The molecule has 0 saturated heterocycles. The quantitative estimate of drug-likeness (QED) is 0.690. The van der Waals surface area contributed by atoms with E-state index in [0.717, 1.165) is 30.0 Å². The molecule has 7 heteroatoms. The average Bonchev–Trinajstić information content (AvgIpc) is 2.66. The molecule has 2 N–H and O–H groups in total. The van der Waals surface area contributed by atoms with Crippen LogP contribution in [0.4, 0.5) is 4.79 Å². The first kappa shape index (κ1) is 20.3. The molecular formula is C19H27N3O3S. The van der Waals surface area contributed by atoms with Gasteiger partial charge in [-0.15, -0.1) is 0 Å². The molecule has 26 heavy (non-hydrogen) atoms.